The Morgan fingerprint density at radius 1 is 1.20 bits per heavy atom. The zero-order chi connectivity index (χ0) is 17.4. The number of carbonyl (C=O) groups is 1. The first kappa shape index (κ1) is 16.1. The molecule has 3 heterocycles. The fourth-order valence-electron chi connectivity index (χ4n) is 2.63. The molecule has 126 valence electrons. The number of aromatic nitrogens is 3. The first-order valence-electron chi connectivity index (χ1n) is 7.61. The third kappa shape index (κ3) is 3.10. The van der Waals surface area contributed by atoms with E-state index in [-0.39, 0.29) is 11.8 Å². The summed E-state index contributed by atoms with van der Waals surface area (Å²) in [6.45, 7) is 0.983. The molecule has 4 rings (SSSR count). The van der Waals surface area contributed by atoms with Crippen molar-refractivity contribution in [2.75, 3.05) is 13.1 Å². The molecule has 0 N–H and O–H groups in total. The van der Waals surface area contributed by atoms with Crippen molar-refractivity contribution in [3.8, 4) is 11.5 Å². The van der Waals surface area contributed by atoms with Gasteiger partial charge in [0.15, 0.2) is 0 Å². The smallest absolute Gasteiger partial charge is 0.255 e. The number of halogens is 2. The van der Waals surface area contributed by atoms with Crippen LogP contribution in [0.1, 0.15) is 22.2 Å². The van der Waals surface area contributed by atoms with E-state index in [0.717, 1.165) is 0 Å². The van der Waals surface area contributed by atoms with E-state index >= 15 is 0 Å². The summed E-state index contributed by atoms with van der Waals surface area (Å²) in [6.07, 6.45) is 1.67. The maximum absolute atomic E-state index is 12.5. The quantitative estimate of drug-likeness (QED) is 0.698. The largest absolute Gasteiger partial charge is 0.338 e. The lowest BCUT2D eigenvalue weighted by Crippen LogP contribution is -2.48. The topological polar surface area (TPSA) is 72.1 Å². The Balaban J connectivity index is 1.45. The zero-order valence-electron chi connectivity index (χ0n) is 12.9. The highest BCUT2D eigenvalue weighted by molar-refractivity contribution is 6.35. The van der Waals surface area contributed by atoms with Gasteiger partial charge >= 0.3 is 0 Å². The fraction of sp³-hybridized carbons (Fsp3) is 0.176. The number of rotatable bonds is 3. The second-order valence-corrected chi connectivity index (χ2v) is 6.55. The van der Waals surface area contributed by atoms with Crippen LogP contribution in [0.15, 0.2) is 47.1 Å². The number of benzene rings is 1. The van der Waals surface area contributed by atoms with Gasteiger partial charge in [-0.1, -0.05) is 34.4 Å². The van der Waals surface area contributed by atoms with E-state index in [9.17, 15) is 4.79 Å². The van der Waals surface area contributed by atoms with Gasteiger partial charge < -0.3 is 9.42 Å². The second kappa shape index (κ2) is 6.46. The minimum atomic E-state index is -0.159. The lowest BCUT2D eigenvalue weighted by Gasteiger charge is -2.37. The number of carbonyl (C=O) groups excluding carboxylic acids is 1. The normalized spacial score (nSPS) is 14.4. The number of likely N-dealkylation sites (tertiary alicyclic amines) is 1. The van der Waals surface area contributed by atoms with E-state index < -0.39 is 0 Å². The van der Waals surface area contributed by atoms with Gasteiger partial charge in [-0.15, -0.1) is 0 Å². The molecule has 0 atom stereocenters. The summed E-state index contributed by atoms with van der Waals surface area (Å²) in [5.74, 6) is 0.792. The molecule has 0 bridgehead atoms. The minimum absolute atomic E-state index is 0.00636. The van der Waals surface area contributed by atoms with E-state index in [1.54, 1.807) is 29.3 Å². The van der Waals surface area contributed by atoms with E-state index in [2.05, 4.69) is 15.1 Å². The maximum Gasteiger partial charge on any atom is 0.255 e. The average molecular weight is 375 g/mol. The summed E-state index contributed by atoms with van der Waals surface area (Å²) >= 11 is 12.0. The van der Waals surface area contributed by atoms with Crippen molar-refractivity contribution in [1.82, 2.24) is 20.0 Å². The van der Waals surface area contributed by atoms with Gasteiger partial charge in [0, 0.05) is 24.3 Å². The Bertz CT molecular complexity index is 923. The lowest BCUT2D eigenvalue weighted by atomic mass is 9.98. The molecule has 1 aromatic carbocycles. The molecule has 0 spiro atoms. The van der Waals surface area contributed by atoms with E-state index in [0.29, 0.717) is 46.1 Å². The van der Waals surface area contributed by atoms with Gasteiger partial charge in [-0.05, 0) is 30.3 Å². The molecule has 0 unspecified atom stereocenters. The molecular weight excluding hydrogens is 363 g/mol. The molecule has 1 amide bonds. The molecule has 0 aliphatic carbocycles. The van der Waals surface area contributed by atoms with Crippen molar-refractivity contribution >= 4 is 29.1 Å². The number of pyridine rings is 1. The van der Waals surface area contributed by atoms with Crippen LogP contribution in [0.3, 0.4) is 0 Å². The predicted molar refractivity (Wildman–Crippen MR) is 92.6 cm³/mol. The minimum Gasteiger partial charge on any atom is -0.338 e. The van der Waals surface area contributed by atoms with Crippen molar-refractivity contribution in [3.63, 3.8) is 0 Å². The first-order chi connectivity index (χ1) is 12.1. The number of hydrogen-bond donors (Lipinski definition) is 0. The SMILES string of the molecule is O=C(c1cc(Cl)ccc1Cl)N1CC(c2nc(-c3ccccn3)no2)C1. The standard InChI is InChI=1S/C17H12Cl2N4O2/c18-11-4-5-13(19)12(7-11)17(24)23-8-10(9-23)16-21-15(22-25-16)14-3-1-2-6-20-14/h1-7,10H,8-9H2. The van der Waals surface area contributed by atoms with Crippen molar-refractivity contribution in [2.24, 2.45) is 0 Å². The molecule has 8 heteroatoms. The number of hydrogen-bond acceptors (Lipinski definition) is 5. The summed E-state index contributed by atoms with van der Waals surface area (Å²) in [6, 6.07) is 10.3. The number of nitrogens with zero attached hydrogens (tertiary/aromatic N) is 4. The zero-order valence-corrected chi connectivity index (χ0v) is 14.4. The molecule has 6 nitrogen and oxygen atoms in total. The molecule has 1 fully saturated rings. The van der Waals surface area contributed by atoms with Gasteiger partial charge in [0.25, 0.3) is 5.91 Å². The molecule has 3 aromatic rings. The monoisotopic (exact) mass is 374 g/mol. The third-order valence-corrected chi connectivity index (χ3v) is 4.58. The molecule has 1 aliphatic rings. The van der Waals surface area contributed by atoms with Gasteiger partial charge in [-0.2, -0.15) is 4.98 Å². The number of amides is 1. The molecule has 25 heavy (non-hydrogen) atoms. The summed E-state index contributed by atoms with van der Waals surface area (Å²) in [5.41, 5.74) is 1.04. The molecule has 1 aliphatic heterocycles. The third-order valence-electron chi connectivity index (χ3n) is 4.01. The van der Waals surface area contributed by atoms with Gasteiger partial charge in [-0.25, -0.2) is 0 Å². The fourth-order valence-corrected chi connectivity index (χ4v) is 3.00. The van der Waals surface area contributed by atoms with E-state index in [4.69, 9.17) is 27.7 Å². The summed E-state index contributed by atoms with van der Waals surface area (Å²) in [7, 11) is 0. The van der Waals surface area contributed by atoms with Gasteiger partial charge in [0.1, 0.15) is 5.69 Å². The van der Waals surface area contributed by atoms with Crippen LogP contribution >= 0.6 is 23.2 Å². The summed E-state index contributed by atoms with van der Waals surface area (Å²) < 4.78 is 5.31. The van der Waals surface area contributed by atoms with E-state index in [1.165, 1.54) is 0 Å². The van der Waals surface area contributed by atoms with Gasteiger partial charge in [0.05, 0.1) is 16.5 Å². The van der Waals surface area contributed by atoms with Crippen LogP contribution in [0.2, 0.25) is 10.0 Å². The average Bonchev–Trinajstić information content (AvgIpc) is 3.06. The molecule has 0 radical (unpaired) electrons. The Labute approximate surface area is 153 Å². The predicted octanol–water partition coefficient (Wildman–Crippen LogP) is 3.68. The maximum atomic E-state index is 12.5. The van der Waals surface area contributed by atoms with Crippen LogP contribution in [0.5, 0.6) is 0 Å². The Kier molecular flexibility index (Phi) is 4.15. The van der Waals surface area contributed by atoms with Crippen molar-refractivity contribution in [3.05, 3.63) is 64.1 Å². The highest BCUT2D eigenvalue weighted by Crippen LogP contribution is 2.30. The summed E-state index contributed by atoms with van der Waals surface area (Å²) in [5, 5.41) is 4.81. The Hall–Kier alpha value is -2.44. The highest BCUT2D eigenvalue weighted by Gasteiger charge is 2.36. The molecular formula is C17H12Cl2N4O2. The van der Waals surface area contributed by atoms with Gasteiger partial charge in [-0.3, -0.25) is 9.78 Å². The molecule has 0 saturated carbocycles. The van der Waals surface area contributed by atoms with Crippen molar-refractivity contribution in [1.29, 1.82) is 0 Å². The molecule has 2 aromatic heterocycles. The van der Waals surface area contributed by atoms with Crippen molar-refractivity contribution in [2.45, 2.75) is 5.92 Å². The second-order valence-electron chi connectivity index (χ2n) is 5.70. The van der Waals surface area contributed by atoms with Gasteiger partial charge in [0.2, 0.25) is 11.7 Å². The highest BCUT2D eigenvalue weighted by atomic mass is 35.5. The lowest BCUT2D eigenvalue weighted by molar-refractivity contribution is 0.0569. The molecule has 1 saturated heterocycles. The Morgan fingerprint density at radius 3 is 2.80 bits per heavy atom. The van der Waals surface area contributed by atoms with E-state index in [1.807, 2.05) is 18.2 Å². The van der Waals surface area contributed by atoms with Crippen molar-refractivity contribution < 1.29 is 9.32 Å². The van der Waals surface area contributed by atoms with Crippen LogP contribution in [-0.4, -0.2) is 39.0 Å². The van der Waals surface area contributed by atoms with Crippen LogP contribution in [0.4, 0.5) is 0 Å². The van der Waals surface area contributed by atoms with Crippen LogP contribution in [0, 0.1) is 0 Å². The van der Waals surface area contributed by atoms with Crippen LogP contribution in [-0.2, 0) is 0 Å². The Morgan fingerprint density at radius 2 is 2.04 bits per heavy atom. The van der Waals surface area contributed by atoms with Crippen LogP contribution < -0.4 is 0 Å². The van der Waals surface area contributed by atoms with Crippen LogP contribution in [0.25, 0.3) is 11.5 Å². The summed E-state index contributed by atoms with van der Waals surface area (Å²) in [4.78, 5) is 22.7. The first-order valence-corrected chi connectivity index (χ1v) is 8.37.